The molecule has 1 saturated heterocycles. The van der Waals surface area contributed by atoms with Gasteiger partial charge in [-0.3, -0.25) is 4.79 Å². The molecule has 2 aromatic rings. The Hall–Kier alpha value is -2.61. The van der Waals surface area contributed by atoms with Crippen LogP contribution in [0.3, 0.4) is 0 Å². The predicted molar refractivity (Wildman–Crippen MR) is 82.7 cm³/mol. The summed E-state index contributed by atoms with van der Waals surface area (Å²) in [7, 11) is 2.82. The van der Waals surface area contributed by atoms with Gasteiger partial charge in [0, 0.05) is 31.5 Å². The first-order valence-corrected chi connectivity index (χ1v) is 7.41. The number of carbonyl (C=O) groups excluding carboxylic acids is 1. The monoisotopic (exact) mass is 335 g/mol. The Balaban J connectivity index is 1.92. The van der Waals surface area contributed by atoms with E-state index in [-0.39, 0.29) is 23.7 Å². The Bertz CT molecular complexity index is 727. The van der Waals surface area contributed by atoms with Gasteiger partial charge in [-0.15, -0.1) is 0 Å². The molecule has 0 aliphatic carbocycles. The van der Waals surface area contributed by atoms with Crippen LogP contribution in [-0.2, 0) is 10.3 Å². The molecule has 128 valence electrons. The molecule has 3 rings (SSSR count). The van der Waals surface area contributed by atoms with Crippen molar-refractivity contribution < 1.29 is 23.4 Å². The van der Waals surface area contributed by atoms with E-state index in [0.717, 1.165) is 6.07 Å². The summed E-state index contributed by atoms with van der Waals surface area (Å²) in [6.45, 7) is 0.747. The molecule has 1 amide bonds. The lowest BCUT2D eigenvalue weighted by Crippen LogP contribution is -2.47. The van der Waals surface area contributed by atoms with E-state index < -0.39 is 17.3 Å². The summed E-state index contributed by atoms with van der Waals surface area (Å²) in [6.07, 6.45) is 3.80. The van der Waals surface area contributed by atoms with Crippen molar-refractivity contribution in [2.45, 2.75) is 12.0 Å². The molecule has 0 saturated carbocycles. The number of amides is 1. The molecule has 7 nitrogen and oxygen atoms in total. The van der Waals surface area contributed by atoms with Crippen LogP contribution in [-0.4, -0.2) is 43.3 Å². The van der Waals surface area contributed by atoms with Gasteiger partial charge in [-0.25, -0.2) is 9.37 Å². The quantitative estimate of drug-likeness (QED) is 0.867. The standard InChI is InChI=1S/C16H18FN3O4/c1-22-12-7-10(11(17)8-13(12)23-2)14(21)20-16(3-6-24-9-16)15-18-4-5-19-15/h4-5,7-8H,3,6,9H2,1-2H3,(H,18,19)(H,20,21). The number of methoxy groups -OCH3 is 2. The second-order valence-corrected chi connectivity index (χ2v) is 5.46. The van der Waals surface area contributed by atoms with Crippen molar-refractivity contribution in [3.05, 3.63) is 41.7 Å². The average molecular weight is 335 g/mol. The maximum absolute atomic E-state index is 14.3. The fourth-order valence-electron chi connectivity index (χ4n) is 2.75. The minimum Gasteiger partial charge on any atom is -0.493 e. The molecule has 8 heteroatoms. The molecule has 0 spiro atoms. The summed E-state index contributed by atoms with van der Waals surface area (Å²) >= 11 is 0. The molecule has 1 aliphatic heterocycles. The largest absolute Gasteiger partial charge is 0.493 e. The van der Waals surface area contributed by atoms with Gasteiger partial charge in [0.15, 0.2) is 11.5 Å². The highest BCUT2D eigenvalue weighted by Gasteiger charge is 2.41. The number of imidazole rings is 1. The summed E-state index contributed by atoms with van der Waals surface area (Å²) in [5.41, 5.74) is -0.939. The van der Waals surface area contributed by atoms with Crippen LogP contribution < -0.4 is 14.8 Å². The number of ether oxygens (including phenoxy) is 3. The Morgan fingerprint density at radius 1 is 1.38 bits per heavy atom. The zero-order valence-corrected chi connectivity index (χ0v) is 13.4. The third-order valence-electron chi connectivity index (χ3n) is 4.04. The molecule has 1 aliphatic rings. The lowest BCUT2D eigenvalue weighted by atomic mass is 9.97. The van der Waals surface area contributed by atoms with Crippen molar-refractivity contribution in [2.75, 3.05) is 27.4 Å². The molecule has 0 bridgehead atoms. The van der Waals surface area contributed by atoms with Crippen molar-refractivity contribution in [3.8, 4) is 11.5 Å². The highest BCUT2D eigenvalue weighted by atomic mass is 19.1. The van der Waals surface area contributed by atoms with E-state index >= 15 is 0 Å². The Labute approximate surface area is 138 Å². The molecule has 2 N–H and O–H groups in total. The molecular formula is C16H18FN3O4. The molecule has 1 unspecified atom stereocenters. The van der Waals surface area contributed by atoms with Gasteiger partial charge in [0.2, 0.25) is 0 Å². The predicted octanol–water partition coefficient (Wildman–Crippen LogP) is 1.61. The van der Waals surface area contributed by atoms with Gasteiger partial charge in [-0.1, -0.05) is 0 Å². The summed E-state index contributed by atoms with van der Waals surface area (Å²) in [5.74, 6) is -0.196. The number of rotatable bonds is 5. The molecule has 1 aromatic heterocycles. The fraction of sp³-hybridized carbons (Fsp3) is 0.375. The topological polar surface area (TPSA) is 85.5 Å². The van der Waals surface area contributed by atoms with Crippen molar-refractivity contribution in [1.82, 2.24) is 15.3 Å². The van der Waals surface area contributed by atoms with Crippen LogP contribution in [0.2, 0.25) is 0 Å². The van der Waals surface area contributed by atoms with Crippen molar-refractivity contribution in [1.29, 1.82) is 0 Å². The lowest BCUT2D eigenvalue weighted by molar-refractivity contribution is 0.0865. The van der Waals surface area contributed by atoms with Crippen LogP contribution in [0.5, 0.6) is 11.5 Å². The van der Waals surface area contributed by atoms with Crippen LogP contribution in [0.1, 0.15) is 22.6 Å². The Morgan fingerprint density at radius 3 is 2.71 bits per heavy atom. The number of carbonyl (C=O) groups is 1. The average Bonchev–Trinajstić information content (AvgIpc) is 3.26. The van der Waals surface area contributed by atoms with E-state index in [0.29, 0.717) is 18.9 Å². The van der Waals surface area contributed by atoms with Crippen LogP contribution in [0.25, 0.3) is 0 Å². The maximum atomic E-state index is 14.3. The van der Waals surface area contributed by atoms with Gasteiger partial charge < -0.3 is 24.5 Å². The van der Waals surface area contributed by atoms with Gasteiger partial charge in [0.25, 0.3) is 5.91 Å². The minimum atomic E-state index is -0.805. The second kappa shape index (κ2) is 6.48. The first-order valence-electron chi connectivity index (χ1n) is 7.41. The maximum Gasteiger partial charge on any atom is 0.255 e. The van der Waals surface area contributed by atoms with Crippen LogP contribution in [0, 0.1) is 5.82 Å². The first-order chi connectivity index (χ1) is 11.6. The number of aromatic amines is 1. The van der Waals surface area contributed by atoms with Crippen molar-refractivity contribution in [3.63, 3.8) is 0 Å². The Morgan fingerprint density at radius 2 is 2.12 bits per heavy atom. The Kier molecular flexibility index (Phi) is 4.39. The van der Waals surface area contributed by atoms with E-state index in [1.807, 2.05) is 0 Å². The zero-order valence-electron chi connectivity index (χ0n) is 13.4. The molecule has 24 heavy (non-hydrogen) atoms. The highest BCUT2D eigenvalue weighted by molar-refractivity contribution is 5.95. The van der Waals surface area contributed by atoms with E-state index in [4.69, 9.17) is 14.2 Å². The van der Waals surface area contributed by atoms with Gasteiger partial charge in [0.05, 0.1) is 26.4 Å². The van der Waals surface area contributed by atoms with Gasteiger partial charge in [-0.2, -0.15) is 0 Å². The minimum absolute atomic E-state index is 0.134. The van der Waals surface area contributed by atoms with E-state index in [1.165, 1.54) is 20.3 Å². The molecule has 0 radical (unpaired) electrons. The number of halogens is 1. The van der Waals surface area contributed by atoms with Crippen LogP contribution in [0.4, 0.5) is 4.39 Å². The summed E-state index contributed by atoms with van der Waals surface area (Å²) in [4.78, 5) is 19.8. The number of H-pyrrole nitrogens is 1. The van der Waals surface area contributed by atoms with Gasteiger partial charge >= 0.3 is 0 Å². The number of aromatic nitrogens is 2. The smallest absolute Gasteiger partial charge is 0.255 e. The summed E-state index contributed by atoms with van der Waals surface area (Å²) in [6, 6.07) is 2.44. The number of nitrogens with one attached hydrogen (secondary N) is 2. The SMILES string of the molecule is COc1cc(F)c(C(=O)NC2(c3ncc[nH]3)CCOC2)cc1OC. The normalized spacial score (nSPS) is 20.0. The third kappa shape index (κ3) is 2.80. The molecule has 1 atom stereocenters. The van der Waals surface area contributed by atoms with Crippen LogP contribution in [0.15, 0.2) is 24.5 Å². The summed E-state index contributed by atoms with van der Waals surface area (Å²) in [5, 5.41) is 2.85. The summed E-state index contributed by atoms with van der Waals surface area (Å²) < 4.78 is 29.9. The lowest BCUT2D eigenvalue weighted by Gasteiger charge is -2.26. The van der Waals surface area contributed by atoms with E-state index in [2.05, 4.69) is 15.3 Å². The van der Waals surface area contributed by atoms with E-state index in [1.54, 1.807) is 12.4 Å². The molecule has 1 aromatic carbocycles. The number of hydrogen-bond acceptors (Lipinski definition) is 5. The van der Waals surface area contributed by atoms with Crippen LogP contribution >= 0.6 is 0 Å². The zero-order chi connectivity index (χ0) is 17.2. The number of nitrogens with zero attached hydrogens (tertiary/aromatic N) is 1. The third-order valence-corrected chi connectivity index (χ3v) is 4.04. The molecule has 1 fully saturated rings. The van der Waals surface area contributed by atoms with Gasteiger partial charge in [-0.05, 0) is 6.07 Å². The molecule has 2 heterocycles. The van der Waals surface area contributed by atoms with Crippen molar-refractivity contribution in [2.24, 2.45) is 0 Å². The van der Waals surface area contributed by atoms with Crippen molar-refractivity contribution >= 4 is 5.91 Å². The number of benzene rings is 1. The number of hydrogen-bond donors (Lipinski definition) is 2. The van der Waals surface area contributed by atoms with E-state index in [9.17, 15) is 9.18 Å². The van der Waals surface area contributed by atoms with Gasteiger partial charge in [0.1, 0.15) is 17.2 Å². The highest BCUT2D eigenvalue weighted by Crippen LogP contribution is 2.32. The molecular weight excluding hydrogens is 317 g/mol. The second-order valence-electron chi connectivity index (χ2n) is 5.46. The fourth-order valence-corrected chi connectivity index (χ4v) is 2.75. The first kappa shape index (κ1) is 16.3.